The molecule has 0 aliphatic rings. The molecule has 0 N–H and O–H groups in total. The van der Waals surface area contributed by atoms with Crippen LogP contribution in [-0.2, 0) is 9.84 Å². The van der Waals surface area contributed by atoms with E-state index in [1.54, 1.807) is 12.1 Å². The van der Waals surface area contributed by atoms with Crippen LogP contribution in [0.2, 0.25) is 10.0 Å². The van der Waals surface area contributed by atoms with Crippen molar-refractivity contribution in [2.45, 2.75) is 13.0 Å². The molecule has 0 heterocycles. The molecule has 0 aliphatic heterocycles. The molecule has 6 heteroatoms. The molecular weight excluding hydrogens is 293 g/mol. The summed E-state index contributed by atoms with van der Waals surface area (Å²) in [7, 11) is -1.07. The molecule has 0 saturated heterocycles. The van der Waals surface area contributed by atoms with E-state index in [4.69, 9.17) is 23.2 Å². The quantitative estimate of drug-likeness (QED) is 0.839. The molecule has 1 aromatic rings. The van der Waals surface area contributed by atoms with Crippen LogP contribution >= 0.6 is 23.2 Å². The summed E-state index contributed by atoms with van der Waals surface area (Å²) in [5, 5.41) is 1.19. The van der Waals surface area contributed by atoms with E-state index < -0.39 is 9.84 Å². The molecular formula is C12H17Cl2NO2S. The monoisotopic (exact) mass is 309 g/mol. The van der Waals surface area contributed by atoms with Gasteiger partial charge in [-0.25, -0.2) is 8.42 Å². The van der Waals surface area contributed by atoms with E-state index in [9.17, 15) is 8.42 Å². The molecule has 0 fully saturated rings. The van der Waals surface area contributed by atoms with Crippen LogP contribution in [0.4, 0.5) is 0 Å². The van der Waals surface area contributed by atoms with Gasteiger partial charge < -0.3 is 0 Å². The molecule has 3 nitrogen and oxygen atoms in total. The van der Waals surface area contributed by atoms with Crippen LogP contribution in [-0.4, -0.2) is 38.9 Å². The van der Waals surface area contributed by atoms with Crippen LogP contribution < -0.4 is 0 Å². The minimum absolute atomic E-state index is 0.0384. The fourth-order valence-corrected chi connectivity index (χ4v) is 2.77. The van der Waals surface area contributed by atoms with E-state index in [1.807, 2.05) is 24.9 Å². The summed E-state index contributed by atoms with van der Waals surface area (Å²) < 4.78 is 22.3. The van der Waals surface area contributed by atoms with Crippen LogP contribution in [0.1, 0.15) is 18.5 Å². The molecule has 1 rings (SSSR count). The van der Waals surface area contributed by atoms with E-state index in [1.165, 1.54) is 6.26 Å². The van der Waals surface area contributed by atoms with Gasteiger partial charge in [0.1, 0.15) is 9.84 Å². The van der Waals surface area contributed by atoms with Crippen molar-refractivity contribution in [2.24, 2.45) is 0 Å². The summed E-state index contributed by atoms with van der Waals surface area (Å²) in [6, 6.07) is 5.38. The molecule has 18 heavy (non-hydrogen) atoms. The highest BCUT2D eigenvalue weighted by Crippen LogP contribution is 2.28. The highest BCUT2D eigenvalue weighted by Gasteiger charge is 2.16. The smallest absolute Gasteiger partial charge is 0.148 e. The Labute approximate surface area is 119 Å². The molecule has 0 bridgehead atoms. The Morgan fingerprint density at radius 1 is 1.33 bits per heavy atom. The first-order chi connectivity index (χ1) is 8.20. The van der Waals surface area contributed by atoms with E-state index in [0.717, 1.165) is 5.56 Å². The van der Waals surface area contributed by atoms with Crippen LogP contribution in [0, 0.1) is 0 Å². The van der Waals surface area contributed by atoms with Crippen molar-refractivity contribution in [1.29, 1.82) is 0 Å². The third-order valence-corrected chi connectivity index (χ3v) is 4.38. The van der Waals surface area contributed by atoms with Gasteiger partial charge in [-0.15, -0.1) is 0 Å². The Kier molecular flexibility index (Phi) is 5.46. The topological polar surface area (TPSA) is 37.4 Å². The van der Waals surface area contributed by atoms with Gasteiger partial charge >= 0.3 is 0 Å². The second-order valence-electron chi connectivity index (χ2n) is 4.45. The van der Waals surface area contributed by atoms with Gasteiger partial charge in [-0.05, 0) is 31.7 Å². The first-order valence-electron chi connectivity index (χ1n) is 5.53. The fourth-order valence-electron chi connectivity index (χ4n) is 1.58. The maximum atomic E-state index is 11.1. The highest BCUT2D eigenvalue weighted by atomic mass is 35.5. The number of halogens is 2. The van der Waals surface area contributed by atoms with Gasteiger partial charge in [-0.3, -0.25) is 4.90 Å². The number of hydrogen-bond acceptors (Lipinski definition) is 3. The number of benzene rings is 1. The van der Waals surface area contributed by atoms with Gasteiger partial charge in [0.05, 0.1) is 5.75 Å². The maximum Gasteiger partial charge on any atom is 0.148 e. The minimum atomic E-state index is -2.95. The average Bonchev–Trinajstić information content (AvgIpc) is 2.24. The molecule has 0 saturated carbocycles. The fraction of sp³-hybridized carbons (Fsp3) is 0.500. The number of sulfone groups is 1. The standard InChI is InChI=1S/C12H17Cl2NO2S/c1-9(15(2)6-7-18(3,16)17)11-5-4-10(13)8-12(11)14/h4-5,8-9H,6-7H2,1-3H3. The summed E-state index contributed by atoms with van der Waals surface area (Å²) in [5.74, 6) is 0.138. The normalized spacial score (nSPS) is 13.9. The van der Waals surface area contributed by atoms with Gasteiger partial charge in [0.25, 0.3) is 0 Å². The zero-order chi connectivity index (χ0) is 13.9. The Hall–Kier alpha value is -0.290. The molecule has 1 atom stereocenters. The Bertz CT molecular complexity index is 517. The summed E-state index contributed by atoms with van der Waals surface area (Å²) in [5.41, 5.74) is 0.942. The van der Waals surface area contributed by atoms with Crippen molar-refractivity contribution in [2.75, 3.05) is 25.6 Å². The number of nitrogens with zero attached hydrogens (tertiary/aromatic N) is 1. The van der Waals surface area contributed by atoms with Gasteiger partial charge in [-0.2, -0.15) is 0 Å². The molecule has 1 aromatic carbocycles. The molecule has 0 aliphatic carbocycles. The van der Waals surface area contributed by atoms with Gasteiger partial charge in [-0.1, -0.05) is 29.3 Å². The average molecular weight is 310 g/mol. The summed E-state index contributed by atoms with van der Waals surface area (Å²) in [6.07, 6.45) is 1.24. The predicted molar refractivity (Wildman–Crippen MR) is 77.2 cm³/mol. The lowest BCUT2D eigenvalue weighted by Gasteiger charge is -2.25. The van der Waals surface area contributed by atoms with E-state index in [2.05, 4.69) is 0 Å². The Morgan fingerprint density at radius 2 is 1.94 bits per heavy atom. The van der Waals surface area contributed by atoms with Crippen molar-refractivity contribution in [3.05, 3.63) is 33.8 Å². The predicted octanol–water partition coefficient (Wildman–Crippen LogP) is 3.03. The van der Waals surface area contributed by atoms with Gasteiger partial charge in [0.2, 0.25) is 0 Å². The molecule has 0 aromatic heterocycles. The summed E-state index contributed by atoms with van der Waals surface area (Å²) in [6.45, 7) is 2.45. The highest BCUT2D eigenvalue weighted by molar-refractivity contribution is 7.90. The van der Waals surface area contributed by atoms with E-state index in [0.29, 0.717) is 16.6 Å². The molecule has 102 valence electrons. The lowest BCUT2D eigenvalue weighted by molar-refractivity contribution is 0.277. The van der Waals surface area contributed by atoms with Crippen molar-refractivity contribution in [3.8, 4) is 0 Å². The maximum absolute atomic E-state index is 11.1. The van der Waals surface area contributed by atoms with Crippen molar-refractivity contribution >= 4 is 33.0 Å². The second-order valence-corrected chi connectivity index (χ2v) is 7.56. The number of rotatable bonds is 5. The first kappa shape index (κ1) is 15.8. The molecule has 0 spiro atoms. The van der Waals surface area contributed by atoms with Crippen molar-refractivity contribution in [1.82, 2.24) is 4.90 Å². The van der Waals surface area contributed by atoms with E-state index >= 15 is 0 Å². The zero-order valence-electron chi connectivity index (χ0n) is 10.7. The van der Waals surface area contributed by atoms with Crippen LogP contribution in [0.15, 0.2) is 18.2 Å². The first-order valence-corrected chi connectivity index (χ1v) is 8.35. The van der Waals surface area contributed by atoms with Crippen LogP contribution in [0.25, 0.3) is 0 Å². The lowest BCUT2D eigenvalue weighted by Crippen LogP contribution is -2.28. The minimum Gasteiger partial charge on any atom is -0.299 e. The van der Waals surface area contributed by atoms with E-state index in [-0.39, 0.29) is 11.8 Å². The van der Waals surface area contributed by atoms with Crippen molar-refractivity contribution < 1.29 is 8.42 Å². The zero-order valence-corrected chi connectivity index (χ0v) is 13.0. The Balaban J connectivity index is 2.77. The lowest BCUT2D eigenvalue weighted by atomic mass is 10.1. The summed E-state index contributed by atoms with van der Waals surface area (Å²) in [4.78, 5) is 1.95. The largest absolute Gasteiger partial charge is 0.299 e. The van der Waals surface area contributed by atoms with Gasteiger partial charge in [0, 0.05) is 28.9 Å². The third kappa shape index (κ3) is 4.76. The second kappa shape index (κ2) is 6.24. The van der Waals surface area contributed by atoms with Crippen molar-refractivity contribution in [3.63, 3.8) is 0 Å². The van der Waals surface area contributed by atoms with Crippen LogP contribution in [0.3, 0.4) is 0 Å². The Morgan fingerprint density at radius 3 is 2.44 bits per heavy atom. The SMILES string of the molecule is CC(c1ccc(Cl)cc1Cl)N(C)CCS(C)(=O)=O. The van der Waals surface area contributed by atoms with Gasteiger partial charge in [0.15, 0.2) is 0 Å². The molecule has 0 amide bonds. The third-order valence-electron chi connectivity index (χ3n) is 2.89. The summed E-state index contributed by atoms with van der Waals surface area (Å²) >= 11 is 12.0. The molecule has 1 unspecified atom stereocenters. The van der Waals surface area contributed by atoms with Crippen LogP contribution in [0.5, 0.6) is 0 Å². The molecule has 0 radical (unpaired) electrons. The number of hydrogen-bond donors (Lipinski definition) is 0.